The Bertz CT molecular complexity index is 869. The standard InChI is InChI=1S/C22H25N3O2/c26-20(18-16-9-4-10-17(16)18)25-12-15-8-5-11-22(15,13-25)21-23-19(24-27-21)14-6-2-1-3-7-14/h1-3,6-7,15-18H,4-5,8-13H2/t15-,16?,17?,18?,22-/m1/s1. The van der Waals surface area contributed by atoms with Crippen LogP contribution in [0.3, 0.4) is 0 Å². The summed E-state index contributed by atoms with van der Waals surface area (Å²) in [5, 5.41) is 4.26. The molecule has 0 spiro atoms. The van der Waals surface area contributed by atoms with Gasteiger partial charge in [0.1, 0.15) is 0 Å². The Morgan fingerprint density at radius 2 is 1.93 bits per heavy atom. The molecule has 5 nitrogen and oxygen atoms in total. The summed E-state index contributed by atoms with van der Waals surface area (Å²) in [5.41, 5.74) is 0.856. The zero-order valence-electron chi connectivity index (χ0n) is 15.5. The lowest BCUT2D eigenvalue weighted by atomic mass is 9.80. The highest BCUT2D eigenvalue weighted by atomic mass is 16.5. The van der Waals surface area contributed by atoms with Gasteiger partial charge in [-0.2, -0.15) is 4.98 Å². The van der Waals surface area contributed by atoms with Crippen LogP contribution in [-0.2, 0) is 10.2 Å². The van der Waals surface area contributed by atoms with E-state index in [1.165, 1.54) is 25.7 Å². The maximum Gasteiger partial charge on any atom is 0.235 e. The monoisotopic (exact) mass is 363 g/mol. The van der Waals surface area contributed by atoms with E-state index in [1.54, 1.807) is 0 Å². The number of nitrogens with zero attached hydrogens (tertiary/aromatic N) is 3. The molecule has 1 aliphatic heterocycles. The first kappa shape index (κ1) is 15.8. The van der Waals surface area contributed by atoms with Crippen LogP contribution >= 0.6 is 0 Å². The van der Waals surface area contributed by atoms with Crippen molar-refractivity contribution in [1.82, 2.24) is 15.0 Å². The van der Waals surface area contributed by atoms with Crippen LogP contribution in [-0.4, -0.2) is 34.0 Å². The van der Waals surface area contributed by atoms with E-state index in [9.17, 15) is 4.79 Å². The van der Waals surface area contributed by atoms with Gasteiger partial charge in [0, 0.05) is 24.6 Å². The summed E-state index contributed by atoms with van der Waals surface area (Å²) in [5.74, 6) is 3.95. The summed E-state index contributed by atoms with van der Waals surface area (Å²) < 4.78 is 5.79. The van der Waals surface area contributed by atoms with Crippen LogP contribution in [0, 0.1) is 23.7 Å². The number of carbonyl (C=O) groups is 1. The Balaban J connectivity index is 1.27. The second kappa shape index (κ2) is 5.66. The minimum atomic E-state index is -0.125. The van der Waals surface area contributed by atoms with Gasteiger partial charge in [0.2, 0.25) is 17.6 Å². The summed E-state index contributed by atoms with van der Waals surface area (Å²) in [4.78, 5) is 20.0. The van der Waals surface area contributed by atoms with E-state index in [0.717, 1.165) is 37.4 Å². The highest BCUT2D eigenvalue weighted by molar-refractivity contribution is 5.83. The third-order valence-electron chi connectivity index (χ3n) is 7.76. The van der Waals surface area contributed by atoms with Crippen LogP contribution in [0.2, 0.25) is 0 Å². The molecule has 6 rings (SSSR count). The maximum absolute atomic E-state index is 13.1. The molecule has 1 saturated heterocycles. The van der Waals surface area contributed by atoms with Crippen molar-refractivity contribution in [3.63, 3.8) is 0 Å². The number of amides is 1. The number of benzene rings is 1. The number of hydrogen-bond acceptors (Lipinski definition) is 4. The average molecular weight is 363 g/mol. The number of fused-ring (bicyclic) bond motifs is 2. The van der Waals surface area contributed by atoms with Gasteiger partial charge < -0.3 is 9.42 Å². The van der Waals surface area contributed by atoms with Gasteiger partial charge in [-0.1, -0.05) is 48.3 Å². The minimum absolute atomic E-state index is 0.125. The van der Waals surface area contributed by atoms with Gasteiger partial charge in [-0.15, -0.1) is 0 Å². The zero-order chi connectivity index (χ0) is 18.0. The predicted molar refractivity (Wildman–Crippen MR) is 99.7 cm³/mol. The Morgan fingerprint density at radius 1 is 1.11 bits per heavy atom. The van der Waals surface area contributed by atoms with Crippen molar-refractivity contribution in [3.05, 3.63) is 36.2 Å². The molecule has 5 heteroatoms. The van der Waals surface area contributed by atoms with Crippen molar-refractivity contribution >= 4 is 5.91 Å². The predicted octanol–water partition coefficient (Wildman–Crippen LogP) is 3.66. The normalized spacial score (nSPS) is 36.7. The smallest absolute Gasteiger partial charge is 0.235 e. The van der Waals surface area contributed by atoms with E-state index in [2.05, 4.69) is 10.1 Å². The minimum Gasteiger partial charge on any atom is -0.341 e. The topological polar surface area (TPSA) is 59.2 Å². The third-order valence-corrected chi connectivity index (χ3v) is 7.76. The number of likely N-dealkylation sites (tertiary alicyclic amines) is 1. The summed E-state index contributed by atoms with van der Waals surface area (Å²) >= 11 is 0. The molecular weight excluding hydrogens is 338 g/mol. The van der Waals surface area contributed by atoms with Crippen molar-refractivity contribution in [2.45, 2.75) is 43.9 Å². The van der Waals surface area contributed by atoms with Gasteiger partial charge in [-0.05, 0) is 43.4 Å². The van der Waals surface area contributed by atoms with Crippen LogP contribution < -0.4 is 0 Å². The fourth-order valence-corrected chi connectivity index (χ4v) is 6.34. The summed E-state index contributed by atoms with van der Waals surface area (Å²) in [6, 6.07) is 9.99. The molecule has 1 aromatic heterocycles. The molecule has 0 bridgehead atoms. The number of hydrogen-bond donors (Lipinski definition) is 0. The lowest BCUT2D eigenvalue weighted by Gasteiger charge is -2.24. The van der Waals surface area contributed by atoms with Gasteiger partial charge in [-0.25, -0.2) is 0 Å². The average Bonchev–Trinajstić information content (AvgIpc) is 3.25. The van der Waals surface area contributed by atoms with Gasteiger partial charge in [0.15, 0.2) is 0 Å². The van der Waals surface area contributed by atoms with Gasteiger partial charge in [-0.3, -0.25) is 4.79 Å². The van der Waals surface area contributed by atoms with Crippen molar-refractivity contribution < 1.29 is 9.32 Å². The Hall–Kier alpha value is -2.17. The summed E-state index contributed by atoms with van der Waals surface area (Å²) in [7, 11) is 0. The van der Waals surface area contributed by atoms with Gasteiger partial charge >= 0.3 is 0 Å². The summed E-state index contributed by atoms with van der Waals surface area (Å²) in [6.45, 7) is 1.64. The first-order valence-corrected chi connectivity index (χ1v) is 10.4. The Kier molecular flexibility index (Phi) is 3.32. The third kappa shape index (κ3) is 2.26. The van der Waals surface area contributed by atoms with E-state index < -0.39 is 0 Å². The highest BCUT2D eigenvalue weighted by Crippen LogP contribution is 2.59. The highest BCUT2D eigenvalue weighted by Gasteiger charge is 2.61. The molecule has 4 aliphatic rings. The van der Waals surface area contributed by atoms with Crippen molar-refractivity contribution in [2.24, 2.45) is 23.7 Å². The fourth-order valence-electron chi connectivity index (χ4n) is 6.34. The molecular formula is C22H25N3O2. The Labute approximate surface area is 159 Å². The molecule has 2 aromatic rings. The molecule has 0 radical (unpaired) electrons. The largest absolute Gasteiger partial charge is 0.341 e. The first-order chi connectivity index (χ1) is 13.3. The fraction of sp³-hybridized carbons (Fsp3) is 0.591. The first-order valence-electron chi connectivity index (χ1n) is 10.4. The molecule has 4 fully saturated rings. The number of aromatic nitrogens is 2. The molecule has 0 N–H and O–H groups in total. The van der Waals surface area contributed by atoms with E-state index in [1.807, 2.05) is 30.3 Å². The van der Waals surface area contributed by atoms with E-state index in [-0.39, 0.29) is 5.41 Å². The zero-order valence-corrected chi connectivity index (χ0v) is 15.5. The number of rotatable bonds is 3. The van der Waals surface area contributed by atoms with Gasteiger partial charge in [0.25, 0.3) is 0 Å². The van der Waals surface area contributed by atoms with Crippen LogP contribution in [0.5, 0.6) is 0 Å². The molecule has 1 aromatic carbocycles. The molecule has 4 atom stereocenters. The van der Waals surface area contributed by atoms with E-state index >= 15 is 0 Å². The molecule has 27 heavy (non-hydrogen) atoms. The van der Waals surface area contributed by atoms with Crippen LogP contribution in [0.25, 0.3) is 11.4 Å². The lowest BCUT2D eigenvalue weighted by Crippen LogP contribution is -2.36. The molecule has 3 aliphatic carbocycles. The van der Waals surface area contributed by atoms with E-state index in [0.29, 0.717) is 35.4 Å². The molecule has 2 heterocycles. The van der Waals surface area contributed by atoms with Crippen molar-refractivity contribution in [1.29, 1.82) is 0 Å². The molecule has 2 unspecified atom stereocenters. The van der Waals surface area contributed by atoms with Crippen molar-refractivity contribution in [2.75, 3.05) is 13.1 Å². The number of carbonyl (C=O) groups excluding carboxylic acids is 1. The quantitative estimate of drug-likeness (QED) is 0.835. The Morgan fingerprint density at radius 3 is 2.74 bits per heavy atom. The molecule has 3 saturated carbocycles. The SMILES string of the molecule is O=C(C1C2CCCC21)N1C[C@H]2CCC[C@@]2(c2nc(-c3ccccc3)no2)C1. The van der Waals surface area contributed by atoms with Crippen LogP contribution in [0.1, 0.15) is 44.4 Å². The van der Waals surface area contributed by atoms with Crippen LogP contribution in [0.15, 0.2) is 34.9 Å². The van der Waals surface area contributed by atoms with Gasteiger partial charge in [0.05, 0.1) is 5.41 Å². The molecule has 140 valence electrons. The second-order valence-electron chi connectivity index (χ2n) is 9.04. The second-order valence-corrected chi connectivity index (χ2v) is 9.04. The summed E-state index contributed by atoms with van der Waals surface area (Å²) in [6.07, 6.45) is 7.22. The van der Waals surface area contributed by atoms with Crippen molar-refractivity contribution in [3.8, 4) is 11.4 Å². The van der Waals surface area contributed by atoms with Crippen LogP contribution in [0.4, 0.5) is 0 Å². The van der Waals surface area contributed by atoms with E-state index in [4.69, 9.17) is 9.51 Å². The lowest BCUT2D eigenvalue weighted by molar-refractivity contribution is -0.132. The molecule has 1 amide bonds. The maximum atomic E-state index is 13.1.